The molecule has 1 aromatic heterocycles. The molecule has 0 saturated carbocycles. The topological polar surface area (TPSA) is 38.0 Å². The molecule has 17 heavy (non-hydrogen) atoms. The SMILES string of the molecule is Cc1cc(C)c(NCc2sccc2N)c(C)c1. The predicted molar refractivity (Wildman–Crippen MR) is 76.7 cm³/mol. The van der Waals surface area contributed by atoms with Crippen molar-refractivity contribution in [2.45, 2.75) is 27.3 Å². The van der Waals surface area contributed by atoms with Crippen LogP contribution in [0.5, 0.6) is 0 Å². The number of hydrogen-bond acceptors (Lipinski definition) is 3. The van der Waals surface area contributed by atoms with Crippen LogP contribution < -0.4 is 11.1 Å². The van der Waals surface area contributed by atoms with Crippen LogP contribution in [0.25, 0.3) is 0 Å². The molecule has 0 aliphatic carbocycles. The lowest BCUT2D eigenvalue weighted by molar-refractivity contribution is 1.16. The number of nitrogen functional groups attached to an aromatic ring is 1. The first-order valence-electron chi connectivity index (χ1n) is 5.71. The molecule has 0 atom stereocenters. The normalized spacial score (nSPS) is 10.5. The van der Waals surface area contributed by atoms with E-state index in [0.29, 0.717) is 0 Å². The number of benzene rings is 1. The molecule has 0 aliphatic rings. The molecule has 1 aromatic carbocycles. The van der Waals surface area contributed by atoms with Crippen molar-refractivity contribution in [3.8, 4) is 0 Å². The molecular formula is C14H18N2S. The molecule has 0 bridgehead atoms. The summed E-state index contributed by atoms with van der Waals surface area (Å²) in [6.45, 7) is 7.20. The van der Waals surface area contributed by atoms with Crippen LogP contribution in [0.15, 0.2) is 23.6 Å². The zero-order valence-corrected chi connectivity index (χ0v) is 11.3. The van der Waals surface area contributed by atoms with Gasteiger partial charge in [0.15, 0.2) is 0 Å². The predicted octanol–water partition coefficient (Wildman–Crippen LogP) is 3.87. The third-order valence-electron chi connectivity index (χ3n) is 2.88. The quantitative estimate of drug-likeness (QED) is 0.862. The Balaban J connectivity index is 2.17. The Morgan fingerprint density at radius 1 is 1.18 bits per heavy atom. The van der Waals surface area contributed by atoms with E-state index >= 15 is 0 Å². The third-order valence-corrected chi connectivity index (χ3v) is 3.82. The Morgan fingerprint density at radius 3 is 2.35 bits per heavy atom. The summed E-state index contributed by atoms with van der Waals surface area (Å²) in [4.78, 5) is 1.20. The second kappa shape index (κ2) is 4.80. The van der Waals surface area contributed by atoms with Gasteiger partial charge in [0.1, 0.15) is 0 Å². The number of nitrogens with two attached hydrogens (primary N) is 1. The average molecular weight is 246 g/mol. The Kier molecular flexibility index (Phi) is 3.38. The minimum absolute atomic E-state index is 0.800. The van der Waals surface area contributed by atoms with E-state index in [-0.39, 0.29) is 0 Å². The Bertz CT molecular complexity index is 506. The molecule has 0 amide bonds. The van der Waals surface area contributed by atoms with Crippen molar-refractivity contribution in [1.29, 1.82) is 0 Å². The van der Waals surface area contributed by atoms with Crippen molar-refractivity contribution in [2.24, 2.45) is 0 Å². The van der Waals surface area contributed by atoms with Crippen LogP contribution in [-0.4, -0.2) is 0 Å². The standard InChI is InChI=1S/C14H18N2S/c1-9-6-10(2)14(11(3)7-9)16-8-13-12(15)4-5-17-13/h4-7,16H,8,15H2,1-3H3. The van der Waals surface area contributed by atoms with Crippen LogP contribution in [0, 0.1) is 20.8 Å². The van der Waals surface area contributed by atoms with E-state index in [9.17, 15) is 0 Å². The fourth-order valence-corrected chi connectivity index (χ4v) is 2.86. The van der Waals surface area contributed by atoms with Crippen LogP contribution >= 0.6 is 11.3 Å². The van der Waals surface area contributed by atoms with E-state index in [1.165, 1.54) is 27.3 Å². The zero-order chi connectivity index (χ0) is 12.4. The van der Waals surface area contributed by atoms with Crippen molar-refractivity contribution >= 4 is 22.7 Å². The highest BCUT2D eigenvalue weighted by atomic mass is 32.1. The van der Waals surface area contributed by atoms with Crippen LogP contribution in [0.2, 0.25) is 0 Å². The summed E-state index contributed by atoms with van der Waals surface area (Å²) in [6, 6.07) is 6.36. The van der Waals surface area contributed by atoms with Gasteiger partial charge in [-0.05, 0) is 43.3 Å². The molecule has 0 fully saturated rings. The molecule has 2 rings (SSSR count). The lowest BCUT2D eigenvalue weighted by Crippen LogP contribution is -2.03. The van der Waals surface area contributed by atoms with Crippen LogP contribution in [0.1, 0.15) is 21.6 Å². The van der Waals surface area contributed by atoms with Crippen molar-refractivity contribution in [3.63, 3.8) is 0 Å². The lowest BCUT2D eigenvalue weighted by atomic mass is 10.1. The third kappa shape index (κ3) is 2.61. The summed E-state index contributed by atoms with van der Waals surface area (Å²) in [7, 11) is 0. The van der Waals surface area contributed by atoms with Gasteiger partial charge in [0.25, 0.3) is 0 Å². The fourth-order valence-electron chi connectivity index (χ4n) is 2.12. The fraction of sp³-hybridized carbons (Fsp3) is 0.286. The molecule has 0 spiro atoms. The molecule has 0 saturated heterocycles. The highest BCUT2D eigenvalue weighted by Gasteiger charge is 2.05. The van der Waals surface area contributed by atoms with Gasteiger partial charge in [-0.1, -0.05) is 17.7 Å². The second-order valence-electron chi connectivity index (χ2n) is 4.43. The molecule has 3 N–H and O–H groups in total. The minimum Gasteiger partial charge on any atom is -0.398 e. The van der Waals surface area contributed by atoms with E-state index in [4.69, 9.17) is 5.73 Å². The minimum atomic E-state index is 0.800. The summed E-state index contributed by atoms with van der Waals surface area (Å²) in [5.41, 5.74) is 11.9. The smallest absolute Gasteiger partial charge is 0.0515 e. The number of rotatable bonds is 3. The van der Waals surface area contributed by atoms with Gasteiger partial charge in [0, 0.05) is 16.3 Å². The maximum Gasteiger partial charge on any atom is 0.0515 e. The Hall–Kier alpha value is -1.48. The van der Waals surface area contributed by atoms with Gasteiger partial charge < -0.3 is 11.1 Å². The van der Waals surface area contributed by atoms with E-state index in [1.54, 1.807) is 11.3 Å². The van der Waals surface area contributed by atoms with Gasteiger partial charge in [0.2, 0.25) is 0 Å². The Morgan fingerprint density at radius 2 is 1.82 bits per heavy atom. The van der Waals surface area contributed by atoms with Gasteiger partial charge in [-0.25, -0.2) is 0 Å². The first kappa shape index (κ1) is 12.0. The van der Waals surface area contributed by atoms with Gasteiger partial charge in [-0.3, -0.25) is 0 Å². The molecule has 0 unspecified atom stereocenters. The zero-order valence-electron chi connectivity index (χ0n) is 10.5. The largest absolute Gasteiger partial charge is 0.398 e. The summed E-state index contributed by atoms with van der Waals surface area (Å²) in [5.74, 6) is 0. The highest BCUT2D eigenvalue weighted by Crippen LogP contribution is 2.25. The number of thiophene rings is 1. The van der Waals surface area contributed by atoms with Crippen molar-refractivity contribution in [1.82, 2.24) is 0 Å². The maximum atomic E-state index is 5.88. The number of hydrogen-bond donors (Lipinski definition) is 2. The maximum absolute atomic E-state index is 5.88. The Labute approximate surface area is 106 Å². The van der Waals surface area contributed by atoms with Crippen LogP contribution in [-0.2, 0) is 6.54 Å². The molecule has 0 radical (unpaired) electrons. The highest BCUT2D eigenvalue weighted by molar-refractivity contribution is 7.10. The molecule has 3 heteroatoms. The van der Waals surface area contributed by atoms with E-state index in [1.807, 2.05) is 11.4 Å². The first-order chi connectivity index (χ1) is 8.08. The van der Waals surface area contributed by atoms with Crippen LogP contribution in [0.3, 0.4) is 0 Å². The first-order valence-corrected chi connectivity index (χ1v) is 6.59. The van der Waals surface area contributed by atoms with Gasteiger partial charge in [-0.15, -0.1) is 11.3 Å². The molecule has 90 valence electrons. The molecular weight excluding hydrogens is 228 g/mol. The van der Waals surface area contributed by atoms with Crippen molar-refractivity contribution < 1.29 is 0 Å². The molecule has 0 aliphatic heterocycles. The average Bonchev–Trinajstić information content (AvgIpc) is 2.62. The van der Waals surface area contributed by atoms with E-state index in [2.05, 4.69) is 38.2 Å². The molecule has 2 aromatic rings. The van der Waals surface area contributed by atoms with Gasteiger partial charge in [-0.2, -0.15) is 0 Å². The molecule has 2 nitrogen and oxygen atoms in total. The van der Waals surface area contributed by atoms with Crippen molar-refractivity contribution in [3.05, 3.63) is 45.1 Å². The number of aryl methyl sites for hydroxylation is 3. The second-order valence-corrected chi connectivity index (χ2v) is 5.43. The van der Waals surface area contributed by atoms with Crippen molar-refractivity contribution in [2.75, 3.05) is 11.1 Å². The lowest BCUT2D eigenvalue weighted by Gasteiger charge is -2.13. The number of anilines is 2. The summed E-state index contributed by atoms with van der Waals surface area (Å²) in [6.07, 6.45) is 0. The van der Waals surface area contributed by atoms with E-state index < -0.39 is 0 Å². The summed E-state index contributed by atoms with van der Waals surface area (Å²) in [5, 5.41) is 5.51. The summed E-state index contributed by atoms with van der Waals surface area (Å²) >= 11 is 1.70. The number of nitrogens with one attached hydrogen (secondary N) is 1. The van der Waals surface area contributed by atoms with Crippen LogP contribution in [0.4, 0.5) is 11.4 Å². The van der Waals surface area contributed by atoms with Gasteiger partial charge in [0.05, 0.1) is 6.54 Å². The van der Waals surface area contributed by atoms with Gasteiger partial charge >= 0.3 is 0 Å². The monoisotopic (exact) mass is 246 g/mol. The molecule has 1 heterocycles. The van der Waals surface area contributed by atoms with E-state index in [0.717, 1.165) is 12.2 Å². The summed E-state index contributed by atoms with van der Waals surface area (Å²) < 4.78 is 0.